The molecule has 0 aliphatic carbocycles. The van der Waals surface area contributed by atoms with Crippen LogP contribution in [-0.4, -0.2) is 18.0 Å². The maximum atomic E-state index is 6.01. The summed E-state index contributed by atoms with van der Waals surface area (Å²) in [6.45, 7) is 9.51. The lowest BCUT2D eigenvalue weighted by molar-refractivity contribution is 0.296. The maximum Gasteiger partial charge on any atom is 0.0389 e. The largest absolute Gasteiger partial charge is 0.398 e. The van der Waals surface area contributed by atoms with Crippen LogP contribution in [-0.2, 0) is 6.54 Å². The quantitative estimate of drug-likeness (QED) is 0.804. The van der Waals surface area contributed by atoms with Crippen LogP contribution in [0.15, 0.2) is 18.2 Å². The molecule has 0 saturated heterocycles. The van der Waals surface area contributed by atoms with Gasteiger partial charge in [-0.25, -0.2) is 0 Å². The van der Waals surface area contributed by atoms with Gasteiger partial charge >= 0.3 is 0 Å². The lowest BCUT2D eigenvalue weighted by Gasteiger charge is -2.19. The zero-order valence-corrected chi connectivity index (χ0v) is 10.6. The number of benzene rings is 1. The second-order valence-electron chi connectivity index (χ2n) is 3.61. The van der Waals surface area contributed by atoms with Gasteiger partial charge in [-0.3, -0.25) is 4.90 Å². The Morgan fingerprint density at radius 3 is 2.33 bits per heavy atom. The highest BCUT2D eigenvalue weighted by Gasteiger charge is 2.05. The first-order valence-corrected chi connectivity index (χ1v) is 5.25. The molecule has 1 rings (SSSR count). The van der Waals surface area contributed by atoms with E-state index in [1.165, 1.54) is 11.1 Å². The molecule has 1 aromatic carbocycles. The van der Waals surface area contributed by atoms with Crippen molar-refractivity contribution in [3.8, 4) is 0 Å². The van der Waals surface area contributed by atoms with Crippen molar-refractivity contribution in [1.29, 1.82) is 0 Å². The summed E-state index contributed by atoms with van der Waals surface area (Å²) in [6.07, 6.45) is 0. The van der Waals surface area contributed by atoms with Gasteiger partial charge in [0.25, 0.3) is 0 Å². The van der Waals surface area contributed by atoms with Gasteiger partial charge in [0.15, 0.2) is 0 Å². The summed E-state index contributed by atoms with van der Waals surface area (Å²) >= 11 is 0. The van der Waals surface area contributed by atoms with Crippen molar-refractivity contribution in [1.82, 2.24) is 4.90 Å². The van der Waals surface area contributed by atoms with Gasteiger partial charge in [0, 0.05) is 12.2 Å². The van der Waals surface area contributed by atoms with Gasteiger partial charge in [-0.2, -0.15) is 0 Å². The first kappa shape index (κ1) is 14.3. The summed E-state index contributed by atoms with van der Waals surface area (Å²) in [7, 11) is 0. The standard InChI is InChI=1S/C12H20N2.ClH/c1-4-14(5-2)9-11-8-6-7-10(3)12(11)13;/h6-8H,4-5,9,13H2,1-3H3;1H. The second kappa shape index (κ2) is 6.70. The summed E-state index contributed by atoms with van der Waals surface area (Å²) in [5, 5.41) is 0. The molecule has 0 atom stereocenters. The number of nitrogen functional groups attached to an aromatic ring is 1. The van der Waals surface area contributed by atoms with Crippen molar-refractivity contribution in [3.63, 3.8) is 0 Å². The highest BCUT2D eigenvalue weighted by atomic mass is 35.5. The molecule has 3 heteroatoms. The van der Waals surface area contributed by atoms with Crippen LogP contribution in [0.4, 0.5) is 5.69 Å². The van der Waals surface area contributed by atoms with Crippen molar-refractivity contribution in [2.75, 3.05) is 18.8 Å². The van der Waals surface area contributed by atoms with E-state index in [9.17, 15) is 0 Å². The number of halogens is 1. The smallest absolute Gasteiger partial charge is 0.0389 e. The second-order valence-corrected chi connectivity index (χ2v) is 3.61. The van der Waals surface area contributed by atoms with Crippen molar-refractivity contribution < 1.29 is 0 Å². The zero-order valence-electron chi connectivity index (χ0n) is 9.79. The number of anilines is 1. The van der Waals surface area contributed by atoms with E-state index < -0.39 is 0 Å². The molecule has 0 radical (unpaired) electrons. The molecular weight excluding hydrogens is 208 g/mol. The minimum absolute atomic E-state index is 0. The Bertz CT molecular complexity index is 296. The number of hydrogen-bond acceptors (Lipinski definition) is 2. The topological polar surface area (TPSA) is 29.3 Å². The fraction of sp³-hybridized carbons (Fsp3) is 0.500. The highest BCUT2D eigenvalue weighted by Crippen LogP contribution is 2.17. The van der Waals surface area contributed by atoms with Crippen LogP contribution in [0.2, 0.25) is 0 Å². The molecule has 0 fully saturated rings. The molecule has 0 heterocycles. The lowest BCUT2D eigenvalue weighted by atomic mass is 10.1. The van der Waals surface area contributed by atoms with Crippen molar-refractivity contribution in [2.45, 2.75) is 27.3 Å². The van der Waals surface area contributed by atoms with Crippen molar-refractivity contribution in [3.05, 3.63) is 29.3 Å². The third-order valence-corrected chi connectivity index (χ3v) is 2.70. The first-order valence-electron chi connectivity index (χ1n) is 5.25. The molecule has 2 N–H and O–H groups in total. The van der Waals surface area contributed by atoms with Crippen LogP contribution in [0, 0.1) is 6.92 Å². The van der Waals surface area contributed by atoms with E-state index in [0.29, 0.717) is 0 Å². The van der Waals surface area contributed by atoms with Gasteiger partial charge in [0.1, 0.15) is 0 Å². The molecular formula is C12H21ClN2. The zero-order chi connectivity index (χ0) is 10.6. The number of nitrogens with zero attached hydrogens (tertiary/aromatic N) is 1. The van der Waals surface area contributed by atoms with Crippen LogP contribution >= 0.6 is 12.4 Å². The molecule has 0 amide bonds. The Hall–Kier alpha value is -0.730. The molecule has 0 unspecified atom stereocenters. The van der Waals surface area contributed by atoms with Crippen LogP contribution in [0.25, 0.3) is 0 Å². The van der Waals surface area contributed by atoms with Gasteiger partial charge in [-0.05, 0) is 31.1 Å². The van der Waals surface area contributed by atoms with E-state index >= 15 is 0 Å². The molecule has 2 nitrogen and oxygen atoms in total. The molecule has 0 aromatic heterocycles. The summed E-state index contributed by atoms with van der Waals surface area (Å²) in [5.74, 6) is 0. The van der Waals surface area contributed by atoms with E-state index in [4.69, 9.17) is 5.73 Å². The van der Waals surface area contributed by atoms with Crippen molar-refractivity contribution in [2.24, 2.45) is 0 Å². The lowest BCUT2D eigenvalue weighted by Crippen LogP contribution is -2.22. The normalized spacial score (nSPS) is 10.1. The summed E-state index contributed by atoms with van der Waals surface area (Å²) in [6, 6.07) is 6.24. The van der Waals surface area contributed by atoms with Gasteiger partial charge in [0.2, 0.25) is 0 Å². The molecule has 0 saturated carbocycles. The van der Waals surface area contributed by atoms with Gasteiger partial charge < -0.3 is 5.73 Å². The molecule has 0 aliphatic heterocycles. The summed E-state index contributed by atoms with van der Waals surface area (Å²) in [5.41, 5.74) is 9.38. The van der Waals surface area contributed by atoms with E-state index in [1.807, 2.05) is 0 Å². The molecule has 15 heavy (non-hydrogen) atoms. The Labute approximate surface area is 98.9 Å². The van der Waals surface area contributed by atoms with Crippen LogP contribution in [0.1, 0.15) is 25.0 Å². The molecule has 0 bridgehead atoms. The number of rotatable bonds is 4. The van der Waals surface area contributed by atoms with E-state index in [2.05, 4.69) is 43.9 Å². The average molecular weight is 229 g/mol. The fourth-order valence-corrected chi connectivity index (χ4v) is 1.57. The van der Waals surface area contributed by atoms with Crippen molar-refractivity contribution >= 4 is 18.1 Å². The monoisotopic (exact) mass is 228 g/mol. The predicted octanol–water partition coefficient (Wildman–Crippen LogP) is 2.84. The first-order chi connectivity index (χ1) is 6.69. The third kappa shape index (κ3) is 3.73. The third-order valence-electron chi connectivity index (χ3n) is 2.70. The maximum absolute atomic E-state index is 6.01. The number of para-hydroxylation sites is 1. The van der Waals surface area contributed by atoms with E-state index in [0.717, 1.165) is 25.3 Å². The van der Waals surface area contributed by atoms with E-state index in [-0.39, 0.29) is 12.4 Å². The van der Waals surface area contributed by atoms with Gasteiger partial charge in [-0.15, -0.1) is 12.4 Å². The Morgan fingerprint density at radius 1 is 1.20 bits per heavy atom. The Morgan fingerprint density at radius 2 is 1.80 bits per heavy atom. The number of aryl methyl sites for hydroxylation is 1. The van der Waals surface area contributed by atoms with Gasteiger partial charge in [0.05, 0.1) is 0 Å². The van der Waals surface area contributed by atoms with Crippen LogP contribution < -0.4 is 5.73 Å². The fourth-order valence-electron chi connectivity index (χ4n) is 1.57. The molecule has 0 aliphatic rings. The van der Waals surface area contributed by atoms with Crippen LogP contribution in [0.3, 0.4) is 0 Å². The molecule has 1 aromatic rings. The summed E-state index contributed by atoms with van der Waals surface area (Å²) in [4.78, 5) is 2.37. The minimum atomic E-state index is 0. The Balaban J connectivity index is 0.00000196. The molecule has 0 spiro atoms. The minimum Gasteiger partial charge on any atom is -0.398 e. The summed E-state index contributed by atoms with van der Waals surface area (Å²) < 4.78 is 0. The predicted molar refractivity (Wildman–Crippen MR) is 69.5 cm³/mol. The Kier molecular flexibility index (Phi) is 6.37. The average Bonchev–Trinajstić information content (AvgIpc) is 2.20. The number of nitrogens with two attached hydrogens (primary N) is 1. The van der Waals surface area contributed by atoms with E-state index in [1.54, 1.807) is 0 Å². The molecule has 86 valence electrons. The SMILES string of the molecule is CCN(CC)Cc1cccc(C)c1N.Cl. The van der Waals surface area contributed by atoms with Crippen LogP contribution in [0.5, 0.6) is 0 Å². The highest BCUT2D eigenvalue weighted by molar-refractivity contribution is 5.85. The van der Waals surface area contributed by atoms with Gasteiger partial charge in [-0.1, -0.05) is 32.0 Å². The number of hydrogen-bond donors (Lipinski definition) is 1.